The quantitative estimate of drug-likeness (QED) is 0.140. The third kappa shape index (κ3) is 8.54. The Balaban J connectivity index is 1.80. The second-order valence-electron chi connectivity index (χ2n) is 11.9. The van der Waals surface area contributed by atoms with Crippen LogP contribution >= 0.6 is 23.2 Å². The number of carbonyl (C=O) groups excluding carboxylic acids is 1. The summed E-state index contributed by atoms with van der Waals surface area (Å²) in [6.45, 7) is 5.65. The molecule has 1 atom stereocenters. The monoisotopic (exact) mass is 716 g/mol. The first-order valence-corrected chi connectivity index (χ1v) is 18.9. The van der Waals surface area contributed by atoms with Crippen molar-refractivity contribution in [2.24, 2.45) is 5.92 Å². The van der Waals surface area contributed by atoms with E-state index in [0.717, 1.165) is 29.0 Å². The number of aromatic nitrogens is 3. The normalized spacial score (nSPS) is 17.8. The summed E-state index contributed by atoms with van der Waals surface area (Å²) in [5.41, 5.74) is -1.02. The lowest BCUT2D eigenvalue weighted by atomic mass is 9.86. The molecule has 0 spiro atoms. The van der Waals surface area contributed by atoms with Crippen LogP contribution < -0.4 is 0 Å². The van der Waals surface area contributed by atoms with E-state index in [4.69, 9.17) is 27.6 Å². The van der Waals surface area contributed by atoms with Crippen LogP contribution in [0, 0.1) is 11.7 Å². The molecular weight excluding hydrogens is 679 g/mol. The third-order valence-electron chi connectivity index (χ3n) is 9.18. The number of amides is 1. The van der Waals surface area contributed by atoms with Gasteiger partial charge in [0.15, 0.2) is 14.0 Å². The Kier molecular flexibility index (Phi) is 12.1. The van der Waals surface area contributed by atoms with E-state index >= 15 is 0 Å². The minimum atomic E-state index is -4.95. The van der Waals surface area contributed by atoms with Crippen molar-refractivity contribution in [1.82, 2.24) is 19.7 Å². The molecule has 1 unspecified atom stereocenters. The smallest absolute Gasteiger partial charge is 0.433 e. The minimum Gasteiger partial charge on any atom is -0.481 e. The molecule has 3 aromatic rings. The molecule has 1 saturated carbocycles. The number of hydrogen-bond acceptors (Lipinski definition) is 5. The van der Waals surface area contributed by atoms with Crippen LogP contribution in [0.4, 0.5) is 17.6 Å². The van der Waals surface area contributed by atoms with Crippen LogP contribution in [0.2, 0.25) is 28.2 Å². The van der Waals surface area contributed by atoms with E-state index in [2.05, 4.69) is 10.1 Å². The summed E-state index contributed by atoms with van der Waals surface area (Å²) in [7, 11) is -2.43. The first-order valence-electron chi connectivity index (χ1n) is 15.6. The van der Waals surface area contributed by atoms with Gasteiger partial charge in [-0.2, -0.15) is 18.3 Å². The summed E-state index contributed by atoms with van der Waals surface area (Å²) < 4.78 is 65.7. The summed E-state index contributed by atoms with van der Waals surface area (Å²) in [4.78, 5) is 31.0. The Bertz CT molecular complexity index is 1520. The van der Waals surface area contributed by atoms with Gasteiger partial charge in [0.05, 0.1) is 46.4 Å². The Hall–Kier alpha value is -3.00. The Labute approximate surface area is 282 Å². The van der Waals surface area contributed by atoms with Crippen LogP contribution in [0.25, 0.3) is 0 Å². The summed E-state index contributed by atoms with van der Waals surface area (Å²) in [6, 6.07) is 6.79. The van der Waals surface area contributed by atoms with Crippen LogP contribution in [0.15, 0.2) is 42.9 Å². The van der Waals surface area contributed by atoms with E-state index in [1.165, 1.54) is 41.6 Å². The second kappa shape index (κ2) is 15.5. The van der Waals surface area contributed by atoms with Gasteiger partial charge in [0, 0.05) is 24.5 Å². The van der Waals surface area contributed by atoms with Crippen LogP contribution in [-0.4, -0.2) is 51.5 Å². The Morgan fingerprint density at radius 1 is 1.02 bits per heavy atom. The number of carboxylic acids is 1. The molecule has 256 valence electrons. The predicted octanol–water partition coefficient (Wildman–Crippen LogP) is 8.96. The maximum atomic E-state index is 14.8. The molecule has 1 aliphatic carbocycles. The molecule has 1 N–H and O–H groups in total. The SMILES string of the molecule is CC[Si](CC)(CC)OC(CN(Cc1ccc(F)cc1)C(=O)c1cnn(C2CCC(C(=O)O)CC2)c1C(F)(F)F)c1c(Cl)cncc1Cl. The Morgan fingerprint density at radius 3 is 2.11 bits per heavy atom. The first-order chi connectivity index (χ1) is 22.2. The van der Waals surface area contributed by atoms with Gasteiger partial charge in [-0.15, -0.1) is 0 Å². The molecule has 0 saturated heterocycles. The van der Waals surface area contributed by atoms with Crippen molar-refractivity contribution in [3.63, 3.8) is 0 Å². The topological polar surface area (TPSA) is 97.6 Å². The van der Waals surface area contributed by atoms with Gasteiger partial charge in [0.1, 0.15) is 5.82 Å². The van der Waals surface area contributed by atoms with Gasteiger partial charge in [-0.25, -0.2) is 4.39 Å². The lowest BCUT2D eigenvalue weighted by Crippen LogP contribution is -2.42. The number of hydrogen-bond donors (Lipinski definition) is 1. The molecule has 1 aliphatic rings. The molecule has 1 aromatic carbocycles. The third-order valence-corrected chi connectivity index (χ3v) is 14.4. The average Bonchev–Trinajstić information content (AvgIpc) is 3.50. The summed E-state index contributed by atoms with van der Waals surface area (Å²) in [5, 5.41) is 13.8. The average molecular weight is 718 g/mol. The van der Waals surface area contributed by atoms with E-state index in [9.17, 15) is 32.3 Å². The van der Waals surface area contributed by atoms with E-state index in [1.807, 2.05) is 20.8 Å². The zero-order valence-electron chi connectivity index (χ0n) is 26.4. The number of halogens is 6. The predicted molar refractivity (Wildman–Crippen MR) is 172 cm³/mol. The van der Waals surface area contributed by atoms with Crippen molar-refractivity contribution in [1.29, 1.82) is 0 Å². The molecule has 0 radical (unpaired) electrons. The number of carboxylic acid groups (broad SMARTS) is 1. The van der Waals surface area contributed by atoms with Crippen molar-refractivity contribution in [3.05, 3.63) is 81.1 Å². The van der Waals surface area contributed by atoms with Gasteiger partial charge < -0.3 is 14.4 Å². The molecule has 0 bridgehead atoms. The van der Waals surface area contributed by atoms with Gasteiger partial charge in [-0.1, -0.05) is 56.1 Å². The lowest BCUT2D eigenvalue weighted by Gasteiger charge is -2.37. The molecule has 15 heteroatoms. The number of aliphatic carboxylic acids is 1. The molecule has 8 nitrogen and oxygen atoms in total. The molecule has 47 heavy (non-hydrogen) atoms. The number of rotatable bonds is 13. The van der Waals surface area contributed by atoms with E-state index in [1.54, 1.807) is 0 Å². The zero-order chi connectivity index (χ0) is 34.5. The fourth-order valence-corrected chi connectivity index (χ4v) is 9.67. The summed E-state index contributed by atoms with van der Waals surface area (Å²) in [6.07, 6.45) is -1.44. The van der Waals surface area contributed by atoms with Crippen LogP contribution in [0.1, 0.15) is 85.8 Å². The number of nitrogens with zero attached hydrogens (tertiary/aromatic N) is 4. The van der Waals surface area contributed by atoms with Gasteiger partial charge in [0.25, 0.3) is 5.91 Å². The van der Waals surface area contributed by atoms with Crippen LogP contribution in [0.3, 0.4) is 0 Å². The fourth-order valence-electron chi connectivity index (χ4n) is 6.26. The highest BCUT2D eigenvalue weighted by molar-refractivity contribution is 6.73. The highest BCUT2D eigenvalue weighted by Gasteiger charge is 2.44. The van der Waals surface area contributed by atoms with Gasteiger partial charge in [-0.05, 0) is 61.5 Å². The molecule has 1 amide bonds. The maximum Gasteiger partial charge on any atom is 0.433 e. The standard InChI is InChI=1S/C32H38Cl2F4N4O4Si/c1-4-47(5-2,6-3)46-27(28-25(33)16-39-17-26(28)34)19-41(18-20-7-11-22(35)12-8-20)30(43)24-15-40-42(29(24)32(36,37)38)23-13-9-21(10-14-23)31(44)45/h7-8,11-12,15-17,21,23,27H,4-6,9-10,13-14,18-19H2,1-3H3,(H,44,45). The van der Waals surface area contributed by atoms with Crippen LogP contribution in [-0.2, 0) is 21.9 Å². The Morgan fingerprint density at radius 2 is 1.60 bits per heavy atom. The molecular formula is C32H38Cl2F4N4O4Si. The zero-order valence-corrected chi connectivity index (χ0v) is 28.9. The number of carbonyl (C=O) groups is 2. The maximum absolute atomic E-state index is 14.8. The molecule has 0 aliphatic heterocycles. The van der Waals surface area contributed by atoms with Gasteiger partial charge in [-0.3, -0.25) is 19.3 Å². The molecule has 4 rings (SSSR count). The summed E-state index contributed by atoms with van der Waals surface area (Å²) >= 11 is 13.2. The van der Waals surface area contributed by atoms with Crippen molar-refractivity contribution in [3.8, 4) is 0 Å². The largest absolute Gasteiger partial charge is 0.481 e. The highest BCUT2D eigenvalue weighted by atomic mass is 35.5. The number of pyridine rings is 1. The van der Waals surface area contributed by atoms with E-state index in [0.29, 0.717) is 11.1 Å². The minimum absolute atomic E-state index is 0.168. The van der Waals surface area contributed by atoms with E-state index < -0.39 is 61.5 Å². The molecule has 2 aromatic heterocycles. The van der Waals surface area contributed by atoms with Gasteiger partial charge in [0.2, 0.25) is 0 Å². The first kappa shape index (κ1) is 36.8. The lowest BCUT2D eigenvalue weighted by molar-refractivity contribution is -0.147. The second-order valence-corrected chi connectivity index (χ2v) is 17.4. The fraction of sp³-hybridized carbons (Fsp3) is 0.500. The number of alkyl halides is 3. The van der Waals surface area contributed by atoms with Crippen molar-refractivity contribution >= 4 is 43.4 Å². The van der Waals surface area contributed by atoms with Gasteiger partial charge >= 0.3 is 12.1 Å². The van der Waals surface area contributed by atoms with Crippen molar-refractivity contribution in [2.75, 3.05) is 6.54 Å². The van der Waals surface area contributed by atoms with Crippen molar-refractivity contribution < 1.29 is 36.7 Å². The van der Waals surface area contributed by atoms with Crippen LogP contribution in [0.5, 0.6) is 0 Å². The van der Waals surface area contributed by atoms with E-state index in [-0.39, 0.29) is 48.8 Å². The van der Waals surface area contributed by atoms with Crippen molar-refractivity contribution in [2.45, 2.75) is 89.5 Å². The molecule has 2 heterocycles. The summed E-state index contributed by atoms with van der Waals surface area (Å²) in [5.74, 6) is -3.10. The highest BCUT2D eigenvalue weighted by Crippen LogP contribution is 2.41. The number of benzene rings is 1. The molecule has 1 fully saturated rings.